The van der Waals surface area contributed by atoms with Crippen molar-refractivity contribution in [2.45, 2.75) is 25.1 Å². The van der Waals surface area contributed by atoms with Crippen molar-refractivity contribution in [3.8, 4) is 17.2 Å². The largest absolute Gasteiger partial charge is 0.493 e. The highest BCUT2D eigenvalue weighted by atomic mass is 32.2. The van der Waals surface area contributed by atoms with Crippen LogP contribution in [0.2, 0.25) is 0 Å². The lowest BCUT2D eigenvalue weighted by Crippen LogP contribution is -2.30. The molecule has 0 N–H and O–H groups in total. The Morgan fingerprint density at radius 2 is 1.80 bits per heavy atom. The van der Waals surface area contributed by atoms with E-state index in [0.29, 0.717) is 36.2 Å². The van der Waals surface area contributed by atoms with Gasteiger partial charge in [-0.25, -0.2) is 0 Å². The smallest absolute Gasteiger partial charge is 0.233 e. The summed E-state index contributed by atoms with van der Waals surface area (Å²) in [4.78, 5) is 14.2. The van der Waals surface area contributed by atoms with E-state index in [-0.39, 0.29) is 11.3 Å². The fraction of sp³-hybridized carbons (Fsp3) is 0.611. The molecular weight excluding hydrogens is 342 g/mol. The van der Waals surface area contributed by atoms with Crippen LogP contribution in [0.4, 0.5) is 0 Å². The molecule has 1 saturated heterocycles. The Hall–Kier alpha value is -1.60. The maximum absolute atomic E-state index is 12.3. The molecule has 0 radical (unpaired) electrons. The Morgan fingerprint density at radius 3 is 2.36 bits per heavy atom. The third-order valence-corrected chi connectivity index (χ3v) is 5.23. The summed E-state index contributed by atoms with van der Waals surface area (Å²) in [6, 6.07) is 3.83. The summed E-state index contributed by atoms with van der Waals surface area (Å²) < 4.78 is 21.8. The molecule has 7 heteroatoms. The van der Waals surface area contributed by atoms with E-state index >= 15 is 0 Å². The van der Waals surface area contributed by atoms with Crippen molar-refractivity contribution in [1.29, 1.82) is 0 Å². The summed E-state index contributed by atoms with van der Waals surface area (Å²) in [5.74, 6) is 2.39. The molecule has 1 aromatic rings. The highest BCUT2D eigenvalue weighted by molar-refractivity contribution is 8.00. The van der Waals surface area contributed by atoms with Gasteiger partial charge in [0.1, 0.15) is 5.37 Å². The zero-order chi connectivity index (χ0) is 18.2. The number of carbonyl (C=O) groups is 1. The van der Waals surface area contributed by atoms with Crippen LogP contribution in [0.25, 0.3) is 0 Å². The summed E-state index contributed by atoms with van der Waals surface area (Å²) in [5.41, 5.74) is 0.972. The standard InChI is InChI=1S/C18H27NO5S/c1-5-8-24-9-6-7-19-16(20)12-25-18(19)13-10-14(21-2)17(23-4)15(11-13)22-3/h10-11,18H,5-9,12H2,1-4H3. The van der Waals surface area contributed by atoms with E-state index in [4.69, 9.17) is 18.9 Å². The zero-order valence-corrected chi connectivity index (χ0v) is 16.2. The number of carbonyl (C=O) groups excluding carboxylic acids is 1. The fourth-order valence-corrected chi connectivity index (χ4v) is 4.00. The van der Waals surface area contributed by atoms with Crippen LogP contribution in [0.1, 0.15) is 30.7 Å². The first-order valence-electron chi connectivity index (χ1n) is 8.45. The van der Waals surface area contributed by atoms with E-state index in [9.17, 15) is 4.79 Å². The SMILES string of the molecule is CCCOCCCN1C(=O)CSC1c1cc(OC)c(OC)c(OC)c1. The van der Waals surface area contributed by atoms with Gasteiger partial charge in [-0.3, -0.25) is 4.79 Å². The van der Waals surface area contributed by atoms with Crippen LogP contribution in [0.3, 0.4) is 0 Å². The van der Waals surface area contributed by atoms with E-state index < -0.39 is 0 Å². The summed E-state index contributed by atoms with van der Waals surface area (Å²) in [7, 11) is 4.77. The van der Waals surface area contributed by atoms with Crippen molar-refractivity contribution < 1.29 is 23.7 Å². The van der Waals surface area contributed by atoms with Gasteiger partial charge in [-0.05, 0) is 30.5 Å². The van der Waals surface area contributed by atoms with Crippen LogP contribution >= 0.6 is 11.8 Å². The minimum atomic E-state index is -0.0487. The molecule has 1 unspecified atom stereocenters. The first-order chi connectivity index (χ1) is 12.2. The summed E-state index contributed by atoms with van der Waals surface area (Å²) in [6.45, 7) is 4.20. The molecule has 0 aromatic heterocycles. The van der Waals surface area contributed by atoms with Crippen LogP contribution in [0.5, 0.6) is 17.2 Å². The van der Waals surface area contributed by atoms with Crippen LogP contribution in [0, 0.1) is 0 Å². The number of ether oxygens (including phenoxy) is 4. The van der Waals surface area contributed by atoms with Gasteiger partial charge >= 0.3 is 0 Å². The molecule has 0 saturated carbocycles. The number of hydrogen-bond donors (Lipinski definition) is 0. The lowest BCUT2D eigenvalue weighted by molar-refractivity contribution is -0.128. The Labute approximate surface area is 153 Å². The predicted molar refractivity (Wildman–Crippen MR) is 98.7 cm³/mol. The Balaban J connectivity index is 2.16. The lowest BCUT2D eigenvalue weighted by atomic mass is 10.1. The number of benzene rings is 1. The molecule has 0 aliphatic carbocycles. The molecule has 1 aliphatic heterocycles. The summed E-state index contributed by atoms with van der Waals surface area (Å²) in [5, 5.41) is -0.0487. The maximum Gasteiger partial charge on any atom is 0.233 e. The second-order valence-corrected chi connectivity index (χ2v) is 6.74. The average molecular weight is 369 g/mol. The number of methoxy groups -OCH3 is 3. The molecule has 2 rings (SSSR count). The molecule has 6 nitrogen and oxygen atoms in total. The number of rotatable bonds is 10. The third-order valence-electron chi connectivity index (χ3n) is 3.98. The normalized spacial score (nSPS) is 17.0. The minimum absolute atomic E-state index is 0.0487. The molecule has 1 fully saturated rings. The van der Waals surface area contributed by atoms with Gasteiger partial charge in [-0.1, -0.05) is 6.92 Å². The molecule has 1 aromatic carbocycles. The Kier molecular flexibility index (Phi) is 7.71. The third kappa shape index (κ3) is 4.73. The number of amides is 1. The predicted octanol–water partition coefficient (Wildman–Crippen LogP) is 3.10. The van der Waals surface area contributed by atoms with Gasteiger partial charge in [0.2, 0.25) is 11.7 Å². The van der Waals surface area contributed by atoms with E-state index in [0.717, 1.165) is 25.0 Å². The fourth-order valence-electron chi connectivity index (χ4n) is 2.80. The summed E-state index contributed by atoms with van der Waals surface area (Å²) in [6.07, 6.45) is 1.83. The quantitative estimate of drug-likeness (QED) is 0.591. The Morgan fingerprint density at radius 1 is 1.12 bits per heavy atom. The lowest BCUT2D eigenvalue weighted by Gasteiger charge is -2.25. The molecular formula is C18H27NO5S. The Bertz CT molecular complexity index is 556. The van der Waals surface area contributed by atoms with Crippen LogP contribution in [0.15, 0.2) is 12.1 Å². The van der Waals surface area contributed by atoms with Crippen LogP contribution < -0.4 is 14.2 Å². The van der Waals surface area contributed by atoms with Crippen molar-refractivity contribution in [3.05, 3.63) is 17.7 Å². The monoisotopic (exact) mass is 369 g/mol. The van der Waals surface area contributed by atoms with Gasteiger partial charge in [-0.15, -0.1) is 11.8 Å². The number of nitrogens with zero attached hydrogens (tertiary/aromatic N) is 1. The van der Waals surface area contributed by atoms with Crippen molar-refractivity contribution in [3.63, 3.8) is 0 Å². The second-order valence-electron chi connectivity index (χ2n) is 5.68. The molecule has 0 spiro atoms. The zero-order valence-electron chi connectivity index (χ0n) is 15.4. The van der Waals surface area contributed by atoms with E-state index in [1.807, 2.05) is 17.0 Å². The number of hydrogen-bond acceptors (Lipinski definition) is 6. The van der Waals surface area contributed by atoms with Crippen LogP contribution in [-0.4, -0.2) is 57.6 Å². The topological polar surface area (TPSA) is 57.2 Å². The van der Waals surface area contributed by atoms with Gasteiger partial charge < -0.3 is 23.8 Å². The van der Waals surface area contributed by atoms with Gasteiger partial charge in [0, 0.05) is 19.8 Å². The molecule has 1 atom stereocenters. The van der Waals surface area contributed by atoms with E-state index in [1.54, 1.807) is 33.1 Å². The van der Waals surface area contributed by atoms with E-state index in [1.165, 1.54) is 0 Å². The average Bonchev–Trinajstić information content (AvgIpc) is 3.00. The molecule has 25 heavy (non-hydrogen) atoms. The highest BCUT2D eigenvalue weighted by Gasteiger charge is 2.33. The molecule has 0 bridgehead atoms. The summed E-state index contributed by atoms with van der Waals surface area (Å²) >= 11 is 1.62. The molecule has 140 valence electrons. The van der Waals surface area contributed by atoms with Gasteiger partial charge in [0.05, 0.1) is 27.1 Å². The van der Waals surface area contributed by atoms with Gasteiger partial charge in [-0.2, -0.15) is 0 Å². The molecule has 1 amide bonds. The van der Waals surface area contributed by atoms with Crippen molar-refractivity contribution in [2.75, 3.05) is 46.8 Å². The first kappa shape index (κ1) is 19.7. The van der Waals surface area contributed by atoms with Crippen molar-refractivity contribution >= 4 is 17.7 Å². The van der Waals surface area contributed by atoms with Gasteiger partial charge in [0.15, 0.2) is 11.5 Å². The minimum Gasteiger partial charge on any atom is -0.493 e. The maximum atomic E-state index is 12.3. The van der Waals surface area contributed by atoms with Crippen molar-refractivity contribution in [1.82, 2.24) is 4.90 Å². The van der Waals surface area contributed by atoms with Gasteiger partial charge in [0.25, 0.3) is 0 Å². The second kappa shape index (κ2) is 9.77. The number of thioether (sulfide) groups is 1. The highest BCUT2D eigenvalue weighted by Crippen LogP contribution is 2.45. The first-order valence-corrected chi connectivity index (χ1v) is 9.49. The molecule has 1 heterocycles. The van der Waals surface area contributed by atoms with Crippen molar-refractivity contribution in [2.24, 2.45) is 0 Å². The van der Waals surface area contributed by atoms with E-state index in [2.05, 4.69) is 6.92 Å². The molecule has 1 aliphatic rings. The van der Waals surface area contributed by atoms with Crippen LogP contribution in [-0.2, 0) is 9.53 Å².